The van der Waals surface area contributed by atoms with Crippen LogP contribution in [-0.4, -0.2) is 36.6 Å². The summed E-state index contributed by atoms with van der Waals surface area (Å²) in [6.45, 7) is 11.5. The van der Waals surface area contributed by atoms with Gasteiger partial charge in [-0.2, -0.15) is 0 Å². The lowest BCUT2D eigenvalue weighted by Crippen LogP contribution is -2.52. The maximum atomic E-state index is 3.74. The Kier molecular flexibility index (Phi) is 4.90. The Morgan fingerprint density at radius 3 is 2.14 bits per heavy atom. The monoisotopic (exact) mass is 198 g/mol. The normalized spacial score (nSPS) is 19.7. The van der Waals surface area contributed by atoms with E-state index in [2.05, 4.69) is 31.0 Å². The van der Waals surface area contributed by atoms with Gasteiger partial charge in [-0.05, 0) is 38.8 Å². The summed E-state index contributed by atoms with van der Waals surface area (Å²) in [5.41, 5.74) is 0.521. The summed E-state index contributed by atoms with van der Waals surface area (Å²) in [5.74, 6) is 0. The van der Waals surface area contributed by atoms with E-state index in [-0.39, 0.29) is 0 Å². The lowest BCUT2D eigenvalue weighted by molar-refractivity contribution is 0.167. The zero-order chi connectivity index (χ0) is 10.4. The second-order valence-corrected chi connectivity index (χ2v) is 4.44. The first-order chi connectivity index (χ1) is 6.76. The number of nitrogens with one attached hydrogen (secondary N) is 1. The molecule has 1 fully saturated rings. The molecule has 0 bridgehead atoms. The summed E-state index contributed by atoms with van der Waals surface area (Å²) in [7, 11) is 0. The van der Waals surface area contributed by atoms with Gasteiger partial charge in [0.1, 0.15) is 0 Å². The van der Waals surface area contributed by atoms with Gasteiger partial charge in [-0.3, -0.25) is 0 Å². The molecule has 2 heteroatoms. The third-order valence-corrected chi connectivity index (χ3v) is 3.81. The fourth-order valence-electron chi connectivity index (χ4n) is 2.28. The molecule has 0 spiro atoms. The molecule has 0 aliphatic heterocycles. The minimum Gasteiger partial charge on any atom is -0.310 e. The van der Waals surface area contributed by atoms with E-state index in [1.54, 1.807) is 0 Å². The Bertz CT molecular complexity index is 143. The van der Waals surface area contributed by atoms with Gasteiger partial charge >= 0.3 is 0 Å². The van der Waals surface area contributed by atoms with Crippen LogP contribution in [0.15, 0.2) is 0 Å². The van der Waals surface area contributed by atoms with Crippen molar-refractivity contribution in [3.8, 4) is 0 Å². The van der Waals surface area contributed by atoms with Crippen molar-refractivity contribution >= 4 is 0 Å². The molecule has 0 amide bonds. The van der Waals surface area contributed by atoms with Gasteiger partial charge in [-0.25, -0.2) is 0 Å². The maximum absolute atomic E-state index is 3.74. The van der Waals surface area contributed by atoms with Crippen molar-refractivity contribution in [2.75, 3.05) is 26.2 Å². The fraction of sp³-hybridized carbons (Fsp3) is 1.00. The van der Waals surface area contributed by atoms with E-state index in [1.165, 1.54) is 45.3 Å². The summed E-state index contributed by atoms with van der Waals surface area (Å²) < 4.78 is 0. The van der Waals surface area contributed by atoms with Crippen LogP contribution in [0.25, 0.3) is 0 Å². The van der Waals surface area contributed by atoms with Crippen LogP contribution in [-0.2, 0) is 0 Å². The van der Waals surface area contributed by atoms with Crippen LogP contribution in [0.2, 0.25) is 0 Å². The number of rotatable bonds is 7. The highest BCUT2D eigenvalue weighted by Crippen LogP contribution is 2.34. The highest BCUT2D eigenvalue weighted by atomic mass is 15.1. The van der Waals surface area contributed by atoms with Gasteiger partial charge < -0.3 is 10.2 Å². The van der Waals surface area contributed by atoms with E-state index >= 15 is 0 Å². The van der Waals surface area contributed by atoms with E-state index in [0.717, 1.165) is 6.54 Å². The van der Waals surface area contributed by atoms with E-state index in [4.69, 9.17) is 0 Å². The van der Waals surface area contributed by atoms with Crippen molar-refractivity contribution in [1.82, 2.24) is 10.2 Å². The minimum absolute atomic E-state index is 0.521. The van der Waals surface area contributed by atoms with Crippen molar-refractivity contribution in [3.63, 3.8) is 0 Å². The number of likely N-dealkylation sites (N-methyl/N-ethyl adjacent to an activating group) is 1. The largest absolute Gasteiger partial charge is 0.310 e. The van der Waals surface area contributed by atoms with Gasteiger partial charge in [-0.1, -0.05) is 20.8 Å². The topological polar surface area (TPSA) is 15.3 Å². The molecule has 84 valence electrons. The van der Waals surface area contributed by atoms with Gasteiger partial charge in [0, 0.05) is 18.6 Å². The maximum Gasteiger partial charge on any atom is 0.0179 e. The third kappa shape index (κ3) is 2.96. The molecule has 0 aromatic rings. The van der Waals surface area contributed by atoms with Crippen LogP contribution < -0.4 is 5.32 Å². The van der Waals surface area contributed by atoms with Gasteiger partial charge in [0.15, 0.2) is 0 Å². The number of hydrogen-bond acceptors (Lipinski definition) is 2. The van der Waals surface area contributed by atoms with Crippen molar-refractivity contribution < 1.29 is 0 Å². The predicted octanol–water partition coefficient (Wildman–Crippen LogP) is 2.25. The summed E-state index contributed by atoms with van der Waals surface area (Å²) in [6.07, 6.45) is 5.50. The molecule has 0 aromatic carbocycles. The Morgan fingerprint density at radius 2 is 1.79 bits per heavy atom. The van der Waals surface area contributed by atoms with Crippen molar-refractivity contribution in [2.45, 2.75) is 52.0 Å². The molecule has 0 heterocycles. The summed E-state index contributed by atoms with van der Waals surface area (Å²) >= 11 is 0. The third-order valence-electron chi connectivity index (χ3n) is 3.81. The van der Waals surface area contributed by atoms with E-state index in [1.807, 2.05) is 0 Å². The predicted molar refractivity (Wildman–Crippen MR) is 62.7 cm³/mol. The lowest BCUT2D eigenvalue weighted by Gasteiger charge is -2.42. The lowest BCUT2D eigenvalue weighted by atomic mass is 9.75. The van der Waals surface area contributed by atoms with Gasteiger partial charge in [0.05, 0.1) is 0 Å². The average Bonchev–Trinajstić information content (AvgIpc) is 2.16. The molecular weight excluding hydrogens is 172 g/mol. The first-order valence-corrected chi connectivity index (χ1v) is 6.23. The molecule has 1 aliphatic rings. The SMILES string of the molecule is CCN(CC)CCNC1(CC)CCC1. The highest BCUT2D eigenvalue weighted by Gasteiger charge is 2.33. The average molecular weight is 198 g/mol. The van der Waals surface area contributed by atoms with Gasteiger partial charge in [-0.15, -0.1) is 0 Å². The Balaban J connectivity index is 2.13. The summed E-state index contributed by atoms with van der Waals surface area (Å²) in [6, 6.07) is 0. The Labute approximate surface area is 89.1 Å². The smallest absolute Gasteiger partial charge is 0.0179 e. The summed E-state index contributed by atoms with van der Waals surface area (Å²) in [5, 5.41) is 3.74. The van der Waals surface area contributed by atoms with Gasteiger partial charge in [0.25, 0.3) is 0 Å². The molecule has 1 N–H and O–H groups in total. The van der Waals surface area contributed by atoms with Gasteiger partial charge in [0.2, 0.25) is 0 Å². The molecule has 0 saturated heterocycles. The molecular formula is C12H26N2. The standard InChI is InChI=1S/C12H26N2/c1-4-12(8-7-9-12)13-10-11-14(5-2)6-3/h13H,4-11H2,1-3H3. The van der Waals surface area contributed by atoms with Crippen LogP contribution in [0.4, 0.5) is 0 Å². The van der Waals surface area contributed by atoms with E-state index in [9.17, 15) is 0 Å². The molecule has 0 radical (unpaired) electrons. The van der Waals surface area contributed by atoms with E-state index < -0.39 is 0 Å². The quantitative estimate of drug-likeness (QED) is 0.675. The zero-order valence-corrected chi connectivity index (χ0v) is 10.1. The molecule has 1 saturated carbocycles. The van der Waals surface area contributed by atoms with Crippen LogP contribution >= 0.6 is 0 Å². The molecule has 14 heavy (non-hydrogen) atoms. The molecule has 0 aromatic heterocycles. The Hall–Kier alpha value is -0.0800. The van der Waals surface area contributed by atoms with Crippen molar-refractivity contribution in [2.24, 2.45) is 0 Å². The number of nitrogens with zero attached hydrogens (tertiary/aromatic N) is 1. The molecule has 1 rings (SSSR count). The van der Waals surface area contributed by atoms with Crippen LogP contribution in [0.1, 0.15) is 46.5 Å². The molecule has 1 aliphatic carbocycles. The molecule has 0 unspecified atom stereocenters. The van der Waals surface area contributed by atoms with Crippen molar-refractivity contribution in [3.05, 3.63) is 0 Å². The molecule has 2 nitrogen and oxygen atoms in total. The van der Waals surface area contributed by atoms with Crippen molar-refractivity contribution in [1.29, 1.82) is 0 Å². The summed E-state index contributed by atoms with van der Waals surface area (Å²) in [4.78, 5) is 2.48. The second kappa shape index (κ2) is 5.72. The minimum atomic E-state index is 0.521. The van der Waals surface area contributed by atoms with Crippen LogP contribution in [0.5, 0.6) is 0 Å². The number of hydrogen-bond donors (Lipinski definition) is 1. The molecule has 0 atom stereocenters. The fourth-order valence-corrected chi connectivity index (χ4v) is 2.28. The first-order valence-electron chi connectivity index (χ1n) is 6.23. The zero-order valence-electron chi connectivity index (χ0n) is 10.1. The highest BCUT2D eigenvalue weighted by molar-refractivity contribution is 4.94. The Morgan fingerprint density at radius 1 is 1.14 bits per heavy atom. The second-order valence-electron chi connectivity index (χ2n) is 4.44. The van der Waals surface area contributed by atoms with Crippen LogP contribution in [0.3, 0.4) is 0 Å². The van der Waals surface area contributed by atoms with E-state index in [0.29, 0.717) is 5.54 Å². The first kappa shape index (κ1) is 12.0. The van der Waals surface area contributed by atoms with Crippen LogP contribution in [0, 0.1) is 0 Å².